The number of benzene rings is 1. The zero-order valence-electron chi connectivity index (χ0n) is 12.7. The molecule has 1 aromatic rings. The molecule has 0 atom stereocenters. The van der Waals surface area contributed by atoms with Crippen molar-refractivity contribution in [1.82, 2.24) is 5.32 Å². The second-order valence-corrected chi connectivity index (χ2v) is 5.47. The first-order chi connectivity index (χ1) is 10.2. The molecule has 0 bridgehead atoms. The van der Waals surface area contributed by atoms with Crippen LogP contribution in [0.25, 0.3) is 0 Å². The van der Waals surface area contributed by atoms with Gasteiger partial charge >= 0.3 is 0 Å². The summed E-state index contributed by atoms with van der Waals surface area (Å²) in [6.07, 6.45) is 2.80. The van der Waals surface area contributed by atoms with Crippen LogP contribution in [0.4, 0.5) is 11.4 Å². The number of carbonyl (C=O) groups excluding carboxylic acids is 1. The van der Waals surface area contributed by atoms with Crippen molar-refractivity contribution >= 4 is 17.3 Å². The summed E-state index contributed by atoms with van der Waals surface area (Å²) in [6.45, 7) is 4.82. The zero-order valence-corrected chi connectivity index (χ0v) is 12.7. The first kappa shape index (κ1) is 15.6. The lowest BCUT2D eigenvalue weighted by atomic mass is 10.1. The molecular weight excluding hydrogens is 266 g/mol. The van der Waals surface area contributed by atoms with Crippen LogP contribution in [0.1, 0.15) is 26.2 Å². The smallest absolute Gasteiger partial charge is 0.239 e. The average molecular weight is 291 g/mol. The molecule has 1 fully saturated rings. The number of rotatable bonds is 6. The molecule has 2 rings (SSSR count). The molecule has 1 aromatic carbocycles. The van der Waals surface area contributed by atoms with E-state index in [1.165, 1.54) is 0 Å². The minimum atomic E-state index is 0.0761. The van der Waals surface area contributed by atoms with Crippen molar-refractivity contribution in [3.05, 3.63) is 24.3 Å². The number of anilines is 2. The molecule has 3 N–H and O–H groups in total. The summed E-state index contributed by atoms with van der Waals surface area (Å²) in [6, 6.07) is 7.92. The molecule has 1 aliphatic heterocycles. The Kier molecular flexibility index (Phi) is 5.87. The number of amides is 1. The minimum Gasteiger partial charge on any atom is -0.399 e. The van der Waals surface area contributed by atoms with Crippen LogP contribution in [0.15, 0.2) is 24.3 Å². The number of nitrogens with two attached hydrogens (primary N) is 1. The Morgan fingerprint density at radius 3 is 2.62 bits per heavy atom. The maximum absolute atomic E-state index is 12.2. The van der Waals surface area contributed by atoms with Crippen LogP contribution >= 0.6 is 0 Å². The normalized spacial score (nSPS) is 15.7. The van der Waals surface area contributed by atoms with Crippen LogP contribution in [-0.4, -0.2) is 38.3 Å². The van der Waals surface area contributed by atoms with E-state index in [-0.39, 0.29) is 11.9 Å². The molecule has 116 valence electrons. The van der Waals surface area contributed by atoms with Crippen molar-refractivity contribution < 1.29 is 9.53 Å². The summed E-state index contributed by atoms with van der Waals surface area (Å²) in [7, 11) is 0. The van der Waals surface area contributed by atoms with E-state index in [1.54, 1.807) is 0 Å². The van der Waals surface area contributed by atoms with Gasteiger partial charge in [0.1, 0.15) is 0 Å². The highest BCUT2D eigenvalue weighted by atomic mass is 16.5. The quantitative estimate of drug-likeness (QED) is 0.784. The van der Waals surface area contributed by atoms with Crippen LogP contribution in [0, 0.1) is 0 Å². The van der Waals surface area contributed by atoms with Crippen LogP contribution in [-0.2, 0) is 9.53 Å². The van der Waals surface area contributed by atoms with E-state index >= 15 is 0 Å². The highest BCUT2D eigenvalue weighted by molar-refractivity contribution is 5.81. The van der Waals surface area contributed by atoms with E-state index in [2.05, 4.69) is 17.1 Å². The van der Waals surface area contributed by atoms with Crippen molar-refractivity contribution in [2.24, 2.45) is 0 Å². The van der Waals surface area contributed by atoms with E-state index in [1.807, 2.05) is 24.3 Å². The SMILES string of the molecule is CCCN(CC(=O)NC1CCOCC1)c1ccc(N)cc1. The predicted octanol–water partition coefficient (Wildman–Crippen LogP) is 1.78. The zero-order chi connectivity index (χ0) is 15.1. The molecule has 1 aliphatic rings. The lowest BCUT2D eigenvalue weighted by molar-refractivity contribution is -0.121. The highest BCUT2D eigenvalue weighted by Crippen LogP contribution is 2.16. The van der Waals surface area contributed by atoms with Crippen LogP contribution in [0.2, 0.25) is 0 Å². The fourth-order valence-electron chi connectivity index (χ4n) is 2.54. The van der Waals surface area contributed by atoms with Crippen molar-refractivity contribution in [2.45, 2.75) is 32.2 Å². The number of nitrogens with zero attached hydrogens (tertiary/aromatic N) is 1. The van der Waals surface area contributed by atoms with E-state index in [4.69, 9.17) is 10.5 Å². The molecule has 1 saturated heterocycles. The summed E-state index contributed by atoms with van der Waals surface area (Å²) in [5.74, 6) is 0.0761. The first-order valence-corrected chi connectivity index (χ1v) is 7.66. The monoisotopic (exact) mass is 291 g/mol. The third kappa shape index (κ3) is 4.93. The third-order valence-electron chi connectivity index (χ3n) is 3.67. The molecule has 5 nitrogen and oxygen atoms in total. The molecule has 0 radical (unpaired) electrons. The maximum Gasteiger partial charge on any atom is 0.239 e. The average Bonchev–Trinajstić information content (AvgIpc) is 2.48. The number of nitrogens with one attached hydrogen (secondary N) is 1. The van der Waals surface area contributed by atoms with Gasteiger partial charge in [-0.2, -0.15) is 0 Å². The van der Waals surface area contributed by atoms with Crippen LogP contribution in [0.5, 0.6) is 0 Å². The van der Waals surface area contributed by atoms with Gasteiger partial charge in [-0.25, -0.2) is 0 Å². The Balaban J connectivity index is 1.91. The first-order valence-electron chi connectivity index (χ1n) is 7.66. The summed E-state index contributed by atoms with van der Waals surface area (Å²) >= 11 is 0. The van der Waals surface area contributed by atoms with E-state index < -0.39 is 0 Å². The lowest BCUT2D eigenvalue weighted by Crippen LogP contribution is -2.44. The van der Waals surface area contributed by atoms with Crippen molar-refractivity contribution in [2.75, 3.05) is 36.9 Å². The Hall–Kier alpha value is -1.75. The Labute approximate surface area is 126 Å². The Morgan fingerprint density at radius 2 is 2.00 bits per heavy atom. The van der Waals surface area contributed by atoms with Gasteiger partial charge in [-0.15, -0.1) is 0 Å². The molecule has 5 heteroatoms. The van der Waals surface area contributed by atoms with Crippen molar-refractivity contribution in [1.29, 1.82) is 0 Å². The molecular formula is C16H25N3O2. The van der Waals surface area contributed by atoms with Gasteiger partial charge in [0, 0.05) is 37.2 Å². The molecule has 0 spiro atoms. The Morgan fingerprint density at radius 1 is 1.33 bits per heavy atom. The second-order valence-electron chi connectivity index (χ2n) is 5.47. The van der Waals surface area contributed by atoms with Gasteiger partial charge in [0.2, 0.25) is 5.91 Å². The van der Waals surface area contributed by atoms with Crippen molar-refractivity contribution in [3.8, 4) is 0 Å². The standard InChI is InChI=1S/C16H25N3O2/c1-2-9-19(15-5-3-13(17)4-6-15)12-16(20)18-14-7-10-21-11-8-14/h3-6,14H,2,7-12,17H2,1H3,(H,18,20). The molecule has 0 unspecified atom stereocenters. The lowest BCUT2D eigenvalue weighted by Gasteiger charge is -2.27. The van der Waals surface area contributed by atoms with E-state index in [9.17, 15) is 4.79 Å². The third-order valence-corrected chi connectivity index (χ3v) is 3.67. The number of hydrogen-bond donors (Lipinski definition) is 2. The second kappa shape index (κ2) is 7.88. The van der Waals surface area contributed by atoms with Gasteiger partial charge in [0.05, 0.1) is 6.54 Å². The minimum absolute atomic E-state index is 0.0761. The number of carbonyl (C=O) groups is 1. The summed E-state index contributed by atoms with van der Waals surface area (Å²) in [5, 5.41) is 3.10. The van der Waals surface area contributed by atoms with Gasteiger partial charge < -0.3 is 20.7 Å². The molecule has 21 heavy (non-hydrogen) atoms. The Bertz CT molecular complexity index is 441. The van der Waals surface area contributed by atoms with E-state index in [0.29, 0.717) is 6.54 Å². The summed E-state index contributed by atoms with van der Waals surface area (Å²) < 4.78 is 5.31. The van der Waals surface area contributed by atoms with Gasteiger partial charge in [-0.1, -0.05) is 6.92 Å². The molecule has 0 aliphatic carbocycles. The summed E-state index contributed by atoms with van der Waals surface area (Å²) in [4.78, 5) is 14.3. The molecule has 1 amide bonds. The largest absolute Gasteiger partial charge is 0.399 e. The molecule has 1 heterocycles. The number of nitrogen functional groups attached to an aromatic ring is 1. The van der Waals surface area contributed by atoms with Crippen LogP contribution < -0.4 is 16.0 Å². The predicted molar refractivity (Wildman–Crippen MR) is 85.3 cm³/mol. The van der Waals surface area contributed by atoms with E-state index in [0.717, 1.165) is 50.4 Å². The van der Waals surface area contributed by atoms with Gasteiger partial charge in [0.25, 0.3) is 0 Å². The molecule has 0 aromatic heterocycles. The fourth-order valence-corrected chi connectivity index (χ4v) is 2.54. The maximum atomic E-state index is 12.2. The van der Waals surface area contributed by atoms with Crippen LogP contribution in [0.3, 0.4) is 0 Å². The fraction of sp³-hybridized carbons (Fsp3) is 0.562. The summed E-state index contributed by atoms with van der Waals surface area (Å²) in [5.41, 5.74) is 7.49. The molecule has 0 saturated carbocycles. The topological polar surface area (TPSA) is 67.6 Å². The van der Waals surface area contributed by atoms with Gasteiger partial charge in [0.15, 0.2) is 0 Å². The highest BCUT2D eigenvalue weighted by Gasteiger charge is 2.18. The van der Waals surface area contributed by atoms with Gasteiger partial charge in [-0.05, 0) is 43.5 Å². The van der Waals surface area contributed by atoms with Crippen molar-refractivity contribution in [3.63, 3.8) is 0 Å². The number of hydrogen-bond acceptors (Lipinski definition) is 4. The van der Waals surface area contributed by atoms with Gasteiger partial charge in [-0.3, -0.25) is 4.79 Å². The number of ether oxygens (including phenoxy) is 1.